The highest BCUT2D eigenvalue weighted by molar-refractivity contribution is 5.94. The predicted octanol–water partition coefficient (Wildman–Crippen LogP) is 3.30. The molecule has 0 radical (unpaired) electrons. The summed E-state index contributed by atoms with van der Waals surface area (Å²) in [6.45, 7) is 3.42. The summed E-state index contributed by atoms with van der Waals surface area (Å²) >= 11 is 0. The molecule has 0 aliphatic carbocycles. The number of hydrogen-bond acceptors (Lipinski definition) is 5. The fraction of sp³-hybridized carbons (Fsp3) is 0.550. The van der Waals surface area contributed by atoms with Crippen LogP contribution in [-0.4, -0.2) is 46.2 Å². The number of nitrogens with zero attached hydrogens (tertiary/aromatic N) is 3. The van der Waals surface area contributed by atoms with Crippen molar-refractivity contribution in [2.24, 2.45) is 5.92 Å². The molecule has 1 spiro atoms. The van der Waals surface area contributed by atoms with Crippen LogP contribution in [0.15, 0.2) is 22.7 Å². The summed E-state index contributed by atoms with van der Waals surface area (Å²) in [4.78, 5) is 18.5. The largest absolute Gasteiger partial charge is 0.375 e. The molecule has 4 rings (SSSR count). The van der Waals surface area contributed by atoms with E-state index in [-0.39, 0.29) is 11.2 Å². The monoisotopic (exact) mass is 391 g/mol. The van der Waals surface area contributed by atoms with Gasteiger partial charge in [0.15, 0.2) is 5.82 Å². The molecular formula is C20H23F2N3O3. The van der Waals surface area contributed by atoms with Gasteiger partial charge in [0.25, 0.3) is 5.91 Å². The Bertz CT molecular complexity index is 862. The molecule has 28 heavy (non-hydrogen) atoms. The molecule has 0 saturated carbocycles. The maximum Gasteiger partial charge on any atom is 0.256 e. The summed E-state index contributed by atoms with van der Waals surface area (Å²) in [5.41, 5.74) is -0.355. The fourth-order valence-electron chi connectivity index (χ4n) is 4.28. The maximum atomic E-state index is 13.9. The normalized spacial score (nSPS) is 21.8. The molecule has 1 atom stereocenters. The number of carbonyl (C=O) groups excluding carboxylic acids is 1. The van der Waals surface area contributed by atoms with Crippen molar-refractivity contribution in [3.63, 3.8) is 0 Å². The number of carbonyl (C=O) groups is 1. The Hall–Kier alpha value is -2.35. The first-order chi connectivity index (χ1) is 13.4. The van der Waals surface area contributed by atoms with Crippen LogP contribution in [0.5, 0.6) is 0 Å². The lowest BCUT2D eigenvalue weighted by Crippen LogP contribution is -2.51. The van der Waals surface area contributed by atoms with Crippen LogP contribution >= 0.6 is 0 Å². The van der Waals surface area contributed by atoms with Gasteiger partial charge in [0.05, 0.1) is 11.2 Å². The quantitative estimate of drug-likeness (QED) is 0.803. The van der Waals surface area contributed by atoms with Crippen molar-refractivity contribution < 1.29 is 22.8 Å². The third-order valence-electron chi connectivity index (χ3n) is 5.76. The summed E-state index contributed by atoms with van der Waals surface area (Å²) in [6, 6.07) is 3.06. The van der Waals surface area contributed by atoms with Crippen molar-refractivity contribution in [3.05, 3.63) is 47.1 Å². The zero-order valence-electron chi connectivity index (χ0n) is 15.8. The van der Waals surface area contributed by atoms with Crippen molar-refractivity contribution in [1.82, 2.24) is 15.0 Å². The van der Waals surface area contributed by atoms with E-state index in [1.165, 1.54) is 6.07 Å². The van der Waals surface area contributed by atoms with Crippen molar-refractivity contribution in [3.8, 4) is 0 Å². The highest BCUT2D eigenvalue weighted by Gasteiger charge is 2.41. The summed E-state index contributed by atoms with van der Waals surface area (Å²) in [5.74, 6) is -0.222. The Labute approximate surface area is 161 Å². The lowest BCUT2D eigenvalue weighted by molar-refractivity contribution is -0.123. The Morgan fingerprint density at radius 2 is 2.11 bits per heavy atom. The van der Waals surface area contributed by atoms with Crippen LogP contribution in [0.4, 0.5) is 8.78 Å². The number of hydrogen-bond donors (Lipinski definition) is 0. The van der Waals surface area contributed by atoms with Crippen LogP contribution in [0.2, 0.25) is 0 Å². The summed E-state index contributed by atoms with van der Waals surface area (Å²) in [5, 5.41) is 3.98. The topological polar surface area (TPSA) is 68.5 Å². The molecule has 2 fully saturated rings. The molecule has 2 aromatic rings. The smallest absolute Gasteiger partial charge is 0.256 e. The Morgan fingerprint density at radius 1 is 1.32 bits per heavy atom. The van der Waals surface area contributed by atoms with Gasteiger partial charge in [-0.3, -0.25) is 4.79 Å². The van der Waals surface area contributed by atoms with Crippen LogP contribution in [0.1, 0.15) is 47.8 Å². The first-order valence-corrected chi connectivity index (χ1v) is 9.62. The van der Waals surface area contributed by atoms with E-state index in [9.17, 15) is 13.6 Å². The number of aromatic nitrogens is 2. The SMILES string of the molecule is Cc1nc(CC2CCOC3(CCN(C(=O)c4ccc(F)cc4F)CC3)C2)no1. The molecule has 1 amide bonds. The minimum Gasteiger partial charge on any atom is -0.375 e. The number of amides is 1. The van der Waals surface area contributed by atoms with Crippen LogP contribution in [0.25, 0.3) is 0 Å². The third-order valence-corrected chi connectivity index (χ3v) is 5.76. The molecule has 1 aromatic heterocycles. The number of rotatable bonds is 3. The van der Waals surface area contributed by atoms with E-state index in [0.29, 0.717) is 44.3 Å². The molecule has 6 nitrogen and oxygen atoms in total. The van der Waals surface area contributed by atoms with Crippen LogP contribution < -0.4 is 0 Å². The molecule has 150 valence electrons. The highest BCUT2D eigenvalue weighted by atomic mass is 19.1. The summed E-state index contributed by atoms with van der Waals surface area (Å²) in [7, 11) is 0. The summed E-state index contributed by atoms with van der Waals surface area (Å²) < 4.78 is 38.2. The number of benzene rings is 1. The van der Waals surface area contributed by atoms with E-state index in [1.807, 2.05) is 0 Å². The van der Waals surface area contributed by atoms with E-state index < -0.39 is 17.5 Å². The van der Waals surface area contributed by atoms with Gasteiger partial charge in [-0.15, -0.1) is 0 Å². The van der Waals surface area contributed by atoms with Gasteiger partial charge in [-0.25, -0.2) is 8.78 Å². The highest BCUT2D eigenvalue weighted by Crippen LogP contribution is 2.39. The number of halogens is 2. The van der Waals surface area contributed by atoms with Crippen LogP contribution in [0, 0.1) is 24.5 Å². The van der Waals surface area contributed by atoms with E-state index >= 15 is 0 Å². The zero-order valence-corrected chi connectivity index (χ0v) is 15.8. The van der Waals surface area contributed by atoms with Gasteiger partial charge in [-0.1, -0.05) is 5.16 Å². The first-order valence-electron chi connectivity index (χ1n) is 9.62. The van der Waals surface area contributed by atoms with Gasteiger partial charge in [0.2, 0.25) is 5.89 Å². The molecule has 2 saturated heterocycles. The molecule has 0 bridgehead atoms. The van der Waals surface area contributed by atoms with E-state index in [1.54, 1.807) is 11.8 Å². The van der Waals surface area contributed by atoms with Crippen molar-refractivity contribution in [1.29, 1.82) is 0 Å². The van der Waals surface area contributed by atoms with Gasteiger partial charge in [-0.2, -0.15) is 4.98 Å². The molecule has 3 heterocycles. The molecular weight excluding hydrogens is 368 g/mol. The first kappa shape index (κ1) is 19.0. The second-order valence-corrected chi connectivity index (χ2v) is 7.74. The predicted molar refractivity (Wildman–Crippen MR) is 95.6 cm³/mol. The van der Waals surface area contributed by atoms with E-state index in [4.69, 9.17) is 9.26 Å². The molecule has 2 aliphatic rings. The zero-order chi connectivity index (χ0) is 19.7. The van der Waals surface area contributed by atoms with Crippen LogP contribution in [-0.2, 0) is 11.2 Å². The minimum atomic E-state index is -0.824. The van der Waals surface area contributed by atoms with Gasteiger partial charge < -0.3 is 14.2 Å². The lowest BCUT2D eigenvalue weighted by Gasteiger charge is -2.46. The van der Waals surface area contributed by atoms with Gasteiger partial charge in [-0.05, 0) is 43.7 Å². The van der Waals surface area contributed by atoms with E-state index in [2.05, 4.69) is 10.1 Å². The molecule has 0 N–H and O–H groups in total. The number of aryl methyl sites for hydroxylation is 1. The Kier molecular flexibility index (Phi) is 5.14. The third kappa shape index (κ3) is 3.92. The Balaban J connectivity index is 1.37. The number of likely N-dealkylation sites (tertiary alicyclic amines) is 1. The van der Waals surface area contributed by atoms with Gasteiger partial charge in [0.1, 0.15) is 11.6 Å². The molecule has 2 aliphatic heterocycles. The van der Waals surface area contributed by atoms with Crippen molar-refractivity contribution in [2.45, 2.75) is 44.6 Å². The maximum absolute atomic E-state index is 13.9. The molecule has 1 aromatic carbocycles. The second kappa shape index (κ2) is 7.58. The van der Waals surface area contributed by atoms with Crippen LogP contribution in [0.3, 0.4) is 0 Å². The minimum absolute atomic E-state index is 0.0905. The van der Waals surface area contributed by atoms with Crippen molar-refractivity contribution in [2.75, 3.05) is 19.7 Å². The summed E-state index contributed by atoms with van der Waals surface area (Å²) in [6.07, 6.45) is 3.98. The number of piperidine rings is 1. The average molecular weight is 391 g/mol. The average Bonchev–Trinajstić information content (AvgIpc) is 3.07. The lowest BCUT2D eigenvalue weighted by atomic mass is 9.78. The van der Waals surface area contributed by atoms with Gasteiger partial charge >= 0.3 is 0 Å². The standard InChI is InChI=1S/C20H23F2N3O3/c1-13-23-18(24-28-13)10-14-4-9-27-20(12-14)5-7-25(8-6-20)19(26)16-3-2-15(21)11-17(16)22/h2-3,11,14H,4-10,12H2,1H3. The number of ether oxygens (including phenoxy) is 1. The molecule has 8 heteroatoms. The second-order valence-electron chi connectivity index (χ2n) is 7.74. The van der Waals surface area contributed by atoms with Crippen molar-refractivity contribution >= 4 is 5.91 Å². The fourth-order valence-corrected chi connectivity index (χ4v) is 4.28. The Morgan fingerprint density at radius 3 is 2.79 bits per heavy atom. The molecule has 1 unspecified atom stereocenters. The van der Waals surface area contributed by atoms with Gasteiger partial charge in [0, 0.05) is 39.1 Å². The van der Waals surface area contributed by atoms with E-state index in [0.717, 1.165) is 37.2 Å².